The average molecular weight is 235 g/mol. The highest BCUT2D eigenvalue weighted by Gasteiger charge is 1.96. The van der Waals surface area contributed by atoms with Gasteiger partial charge in [-0.25, -0.2) is 0 Å². The molecule has 0 unspecified atom stereocenters. The van der Waals surface area contributed by atoms with Crippen LogP contribution in [0.1, 0.15) is 11.1 Å². The van der Waals surface area contributed by atoms with Gasteiger partial charge in [0.2, 0.25) is 0 Å². The van der Waals surface area contributed by atoms with Crippen molar-refractivity contribution in [2.24, 2.45) is 0 Å². The van der Waals surface area contributed by atoms with Gasteiger partial charge in [0.15, 0.2) is 5.11 Å². The van der Waals surface area contributed by atoms with Crippen LogP contribution in [0.4, 0.5) is 5.69 Å². The van der Waals surface area contributed by atoms with Crippen molar-refractivity contribution in [3.8, 4) is 0 Å². The van der Waals surface area contributed by atoms with Gasteiger partial charge in [-0.15, -0.1) is 6.58 Å². The normalized spacial score (nSPS) is 9.38. The Morgan fingerprint density at radius 3 is 2.50 bits per heavy atom. The molecule has 0 amide bonds. The zero-order chi connectivity index (χ0) is 12.0. The summed E-state index contributed by atoms with van der Waals surface area (Å²) in [6.07, 6.45) is 1.75. The summed E-state index contributed by atoms with van der Waals surface area (Å²) >= 11 is 5.05. The molecule has 0 aliphatic heterocycles. The van der Waals surface area contributed by atoms with Gasteiger partial charge in [-0.3, -0.25) is 10.9 Å². The maximum absolute atomic E-state index is 5.05. The molecule has 0 radical (unpaired) electrons. The molecule has 4 heteroatoms. The van der Waals surface area contributed by atoms with E-state index in [1.807, 2.05) is 0 Å². The molecule has 0 atom stereocenters. The Bertz CT molecular complexity index is 368. The van der Waals surface area contributed by atoms with Gasteiger partial charge in [-0.2, -0.15) is 0 Å². The van der Waals surface area contributed by atoms with Gasteiger partial charge >= 0.3 is 0 Å². The quantitative estimate of drug-likeness (QED) is 0.425. The van der Waals surface area contributed by atoms with E-state index in [0.29, 0.717) is 11.7 Å². The van der Waals surface area contributed by atoms with Crippen molar-refractivity contribution >= 4 is 23.0 Å². The van der Waals surface area contributed by atoms with E-state index < -0.39 is 0 Å². The van der Waals surface area contributed by atoms with Gasteiger partial charge < -0.3 is 5.32 Å². The molecule has 3 nitrogen and oxygen atoms in total. The third-order valence-corrected chi connectivity index (χ3v) is 2.20. The van der Waals surface area contributed by atoms with Crippen LogP contribution in [0.15, 0.2) is 30.9 Å². The van der Waals surface area contributed by atoms with E-state index in [0.717, 1.165) is 5.69 Å². The molecular formula is C12H17N3S. The molecule has 0 saturated heterocycles. The SMILES string of the molecule is C=CCNC(=S)NNc1cc(C)cc(C)c1. The molecule has 0 heterocycles. The number of benzene rings is 1. The fourth-order valence-electron chi connectivity index (χ4n) is 1.38. The number of thiocarbonyl (C=S) groups is 1. The van der Waals surface area contributed by atoms with Crippen LogP contribution in [0.25, 0.3) is 0 Å². The summed E-state index contributed by atoms with van der Waals surface area (Å²) in [7, 11) is 0. The van der Waals surface area contributed by atoms with Crippen molar-refractivity contribution < 1.29 is 0 Å². The Balaban J connectivity index is 2.47. The predicted molar refractivity (Wildman–Crippen MR) is 73.5 cm³/mol. The van der Waals surface area contributed by atoms with Gasteiger partial charge in [0, 0.05) is 6.54 Å². The standard InChI is InChI=1S/C12H17N3S/c1-4-5-13-12(16)15-14-11-7-9(2)6-10(3)8-11/h4,6-8,14H,1,5H2,2-3H3,(H2,13,15,16). The van der Waals surface area contributed by atoms with Gasteiger partial charge in [-0.1, -0.05) is 12.1 Å². The van der Waals surface area contributed by atoms with Crippen LogP contribution in [0.5, 0.6) is 0 Å². The second-order valence-electron chi connectivity index (χ2n) is 3.63. The van der Waals surface area contributed by atoms with Crippen molar-refractivity contribution in [1.82, 2.24) is 10.7 Å². The molecule has 0 bridgehead atoms. The fourth-order valence-corrected chi connectivity index (χ4v) is 1.52. The first-order valence-electron chi connectivity index (χ1n) is 5.11. The van der Waals surface area contributed by atoms with E-state index in [-0.39, 0.29) is 0 Å². The zero-order valence-corrected chi connectivity index (χ0v) is 10.4. The Morgan fingerprint density at radius 1 is 1.31 bits per heavy atom. The summed E-state index contributed by atoms with van der Waals surface area (Å²) in [4.78, 5) is 0. The molecule has 3 N–H and O–H groups in total. The Hall–Kier alpha value is -1.55. The van der Waals surface area contributed by atoms with E-state index in [2.05, 4.69) is 54.8 Å². The van der Waals surface area contributed by atoms with Crippen molar-refractivity contribution in [3.05, 3.63) is 42.0 Å². The summed E-state index contributed by atoms with van der Waals surface area (Å²) in [5.41, 5.74) is 9.39. The smallest absolute Gasteiger partial charge is 0.185 e. The first kappa shape index (κ1) is 12.5. The summed E-state index contributed by atoms with van der Waals surface area (Å²) in [6.45, 7) is 8.38. The number of hydrazine groups is 1. The van der Waals surface area contributed by atoms with E-state index in [1.54, 1.807) is 6.08 Å². The number of rotatable bonds is 4. The molecule has 16 heavy (non-hydrogen) atoms. The van der Waals surface area contributed by atoms with Gasteiger partial charge in [0.25, 0.3) is 0 Å². The summed E-state index contributed by atoms with van der Waals surface area (Å²) in [5.74, 6) is 0. The Morgan fingerprint density at radius 2 is 1.94 bits per heavy atom. The molecular weight excluding hydrogens is 218 g/mol. The van der Waals surface area contributed by atoms with Gasteiger partial charge in [-0.05, 0) is 49.3 Å². The second kappa shape index (κ2) is 6.12. The first-order chi connectivity index (χ1) is 7.61. The minimum atomic E-state index is 0.555. The van der Waals surface area contributed by atoms with Crippen LogP contribution in [0.2, 0.25) is 0 Å². The zero-order valence-electron chi connectivity index (χ0n) is 9.63. The molecule has 0 fully saturated rings. The molecule has 0 aliphatic rings. The van der Waals surface area contributed by atoms with E-state index in [9.17, 15) is 0 Å². The van der Waals surface area contributed by atoms with Gasteiger partial charge in [0.05, 0.1) is 5.69 Å². The van der Waals surface area contributed by atoms with E-state index in [1.165, 1.54) is 11.1 Å². The summed E-state index contributed by atoms with van der Waals surface area (Å²) in [6, 6.07) is 6.23. The summed E-state index contributed by atoms with van der Waals surface area (Å²) in [5, 5.41) is 3.53. The monoisotopic (exact) mass is 235 g/mol. The highest BCUT2D eigenvalue weighted by Crippen LogP contribution is 2.12. The Kier molecular flexibility index (Phi) is 4.79. The van der Waals surface area contributed by atoms with Crippen LogP contribution in [0.3, 0.4) is 0 Å². The van der Waals surface area contributed by atoms with E-state index >= 15 is 0 Å². The molecule has 1 rings (SSSR count). The van der Waals surface area contributed by atoms with Crippen LogP contribution in [-0.2, 0) is 0 Å². The highest BCUT2D eigenvalue weighted by molar-refractivity contribution is 7.80. The maximum Gasteiger partial charge on any atom is 0.185 e. The molecule has 1 aromatic carbocycles. The summed E-state index contributed by atoms with van der Waals surface area (Å²) < 4.78 is 0. The molecule has 0 saturated carbocycles. The molecule has 1 aromatic rings. The van der Waals surface area contributed by atoms with Crippen LogP contribution in [-0.4, -0.2) is 11.7 Å². The van der Waals surface area contributed by atoms with Crippen LogP contribution >= 0.6 is 12.2 Å². The van der Waals surface area contributed by atoms with Gasteiger partial charge in [0.1, 0.15) is 0 Å². The first-order valence-corrected chi connectivity index (χ1v) is 5.51. The third-order valence-electron chi connectivity index (χ3n) is 1.95. The number of aryl methyl sites for hydroxylation is 2. The molecule has 0 aromatic heterocycles. The molecule has 0 aliphatic carbocycles. The molecule has 86 valence electrons. The van der Waals surface area contributed by atoms with Crippen LogP contribution in [0, 0.1) is 13.8 Å². The lowest BCUT2D eigenvalue weighted by molar-refractivity contribution is 0.978. The fraction of sp³-hybridized carbons (Fsp3) is 0.250. The van der Waals surface area contributed by atoms with Crippen molar-refractivity contribution in [1.29, 1.82) is 0 Å². The third kappa shape index (κ3) is 4.31. The average Bonchev–Trinajstić information content (AvgIpc) is 2.22. The number of hydrogen-bond donors (Lipinski definition) is 3. The van der Waals surface area contributed by atoms with Crippen LogP contribution < -0.4 is 16.2 Å². The topological polar surface area (TPSA) is 36.1 Å². The lowest BCUT2D eigenvalue weighted by Crippen LogP contribution is -2.38. The van der Waals surface area contributed by atoms with Crippen molar-refractivity contribution in [3.63, 3.8) is 0 Å². The van der Waals surface area contributed by atoms with E-state index in [4.69, 9.17) is 12.2 Å². The van der Waals surface area contributed by atoms with Crippen molar-refractivity contribution in [2.45, 2.75) is 13.8 Å². The lowest BCUT2D eigenvalue weighted by Gasteiger charge is -2.12. The second-order valence-corrected chi connectivity index (χ2v) is 4.03. The minimum absolute atomic E-state index is 0.555. The lowest BCUT2D eigenvalue weighted by atomic mass is 10.1. The number of nitrogens with one attached hydrogen (secondary N) is 3. The van der Waals surface area contributed by atoms with Crippen molar-refractivity contribution in [2.75, 3.05) is 12.0 Å². The number of anilines is 1. The minimum Gasteiger partial charge on any atom is -0.358 e. The number of hydrogen-bond acceptors (Lipinski definition) is 2. The Labute approximate surface area is 102 Å². The maximum atomic E-state index is 5.05. The highest BCUT2D eigenvalue weighted by atomic mass is 32.1. The predicted octanol–water partition coefficient (Wildman–Crippen LogP) is 2.28. The molecule has 0 spiro atoms. The largest absolute Gasteiger partial charge is 0.358 e.